The fourth-order valence-electron chi connectivity index (χ4n) is 1.25. The molecule has 0 aliphatic carbocycles. The Labute approximate surface area is 97.2 Å². The minimum Gasteiger partial charge on any atom is -0.239 e. The Bertz CT molecular complexity index is 508. The van der Waals surface area contributed by atoms with E-state index in [1.165, 1.54) is 0 Å². The highest BCUT2D eigenvalue weighted by Gasteiger charge is 2.09. The van der Waals surface area contributed by atoms with Gasteiger partial charge in [0.05, 0.1) is 10.6 Å². The van der Waals surface area contributed by atoms with Gasteiger partial charge in [0.1, 0.15) is 0 Å². The van der Waals surface area contributed by atoms with Crippen LogP contribution in [0.25, 0.3) is 11.3 Å². The zero-order valence-electron chi connectivity index (χ0n) is 8.22. The second kappa shape index (κ2) is 4.28. The summed E-state index contributed by atoms with van der Waals surface area (Å²) in [5.41, 5.74) is 1.81. The molecular weight excluding hydrogens is 226 g/mol. The lowest BCUT2D eigenvalue weighted by molar-refractivity contribution is -0.475. The lowest BCUT2D eigenvalue weighted by atomic mass is 10.1. The summed E-state index contributed by atoms with van der Waals surface area (Å²) in [7, 11) is 0. The third kappa shape index (κ3) is 2.17. The predicted molar refractivity (Wildman–Crippen MR) is 61.0 cm³/mol. The zero-order chi connectivity index (χ0) is 11.5. The van der Waals surface area contributed by atoms with Gasteiger partial charge in [-0.3, -0.25) is 0 Å². The highest BCUT2D eigenvalue weighted by Crippen LogP contribution is 2.20. The van der Waals surface area contributed by atoms with Gasteiger partial charge in [0, 0.05) is 16.7 Å². The van der Waals surface area contributed by atoms with Crippen LogP contribution in [0.1, 0.15) is 0 Å². The maximum atomic E-state index is 10.7. The number of nitrogens with two attached hydrogens (primary N) is 1. The molecule has 79 valence electrons. The van der Waals surface area contributed by atoms with E-state index in [1.807, 2.05) is 12.1 Å². The second-order valence-electron chi connectivity index (χ2n) is 3.16. The molecule has 1 heterocycles. The van der Waals surface area contributed by atoms with Crippen molar-refractivity contribution in [2.45, 2.75) is 0 Å². The van der Waals surface area contributed by atoms with E-state index < -0.39 is 0 Å². The van der Waals surface area contributed by atoms with Crippen molar-refractivity contribution in [1.29, 1.82) is 0 Å². The van der Waals surface area contributed by atoms with Crippen molar-refractivity contribution in [2.24, 2.45) is 5.84 Å². The number of hydrazine groups is 1. The van der Waals surface area contributed by atoms with Gasteiger partial charge in [0.25, 0.3) is 0 Å². The fourth-order valence-corrected chi connectivity index (χ4v) is 1.38. The molecule has 4 nitrogen and oxygen atoms in total. The van der Waals surface area contributed by atoms with Gasteiger partial charge in [-0.1, -0.05) is 23.7 Å². The van der Waals surface area contributed by atoms with Gasteiger partial charge in [-0.05, 0) is 18.2 Å². The Morgan fingerprint density at radius 2 is 1.88 bits per heavy atom. The molecule has 2 rings (SSSR count). The predicted octanol–water partition coefficient (Wildman–Crippen LogP) is 2.49. The molecular formula is C11H8ClN3O+. The number of benzene rings is 1. The van der Waals surface area contributed by atoms with E-state index in [2.05, 4.69) is 11.2 Å². The highest BCUT2D eigenvalue weighted by molar-refractivity contribution is 6.30. The normalized spacial score (nSPS) is 10.1. The first-order chi connectivity index (χ1) is 7.66. The molecule has 16 heavy (non-hydrogen) atoms. The average Bonchev–Trinajstić information content (AvgIpc) is 2.30. The Kier molecular flexibility index (Phi) is 2.83. The second-order valence-corrected chi connectivity index (χ2v) is 3.60. The summed E-state index contributed by atoms with van der Waals surface area (Å²) < 4.78 is 0. The Morgan fingerprint density at radius 1 is 1.19 bits per heavy atom. The topological polar surface area (TPSA) is 59.0 Å². The van der Waals surface area contributed by atoms with Gasteiger partial charge in [-0.25, -0.2) is 4.98 Å². The molecule has 0 aliphatic heterocycles. The van der Waals surface area contributed by atoms with Crippen molar-refractivity contribution in [1.82, 2.24) is 4.98 Å². The molecule has 0 saturated heterocycles. The molecule has 0 spiro atoms. The Morgan fingerprint density at radius 3 is 2.38 bits per heavy atom. The molecule has 5 heteroatoms. The summed E-state index contributed by atoms with van der Waals surface area (Å²) >= 11 is 5.77. The molecule has 0 atom stereocenters. The number of halogens is 1. The Balaban J connectivity index is 2.34. The molecule has 0 fully saturated rings. The lowest BCUT2D eigenvalue weighted by Crippen LogP contribution is -2.09. The summed E-state index contributed by atoms with van der Waals surface area (Å²) in [6.45, 7) is 0. The summed E-state index contributed by atoms with van der Waals surface area (Å²) in [6.07, 6.45) is 2.55. The van der Waals surface area contributed by atoms with Crippen molar-refractivity contribution >= 4 is 17.3 Å². The maximum absolute atomic E-state index is 10.7. The van der Waals surface area contributed by atoms with Crippen molar-refractivity contribution in [3.05, 3.63) is 52.5 Å². The summed E-state index contributed by atoms with van der Waals surface area (Å²) in [5.74, 6) is 5.01. The van der Waals surface area contributed by atoms with Crippen LogP contribution in [0.4, 0.5) is 5.69 Å². The number of aromatic nitrogens is 1. The number of nitroso groups, excluding NO2 is 1. The van der Waals surface area contributed by atoms with E-state index in [0.717, 1.165) is 5.56 Å². The monoisotopic (exact) mass is 233 g/mol. The van der Waals surface area contributed by atoms with Crippen molar-refractivity contribution < 1.29 is 4.87 Å². The summed E-state index contributed by atoms with van der Waals surface area (Å²) in [5, 5.41) is 0.664. The van der Waals surface area contributed by atoms with Crippen molar-refractivity contribution in [3.63, 3.8) is 0 Å². The molecule has 1 aromatic carbocycles. The third-order valence-electron chi connectivity index (χ3n) is 2.07. The van der Waals surface area contributed by atoms with Crippen LogP contribution in [-0.4, -0.2) is 9.85 Å². The molecule has 0 saturated carbocycles. The van der Waals surface area contributed by atoms with Gasteiger partial charge >= 0.3 is 5.69 Å². The number of hydrogen-bond donors (Lipinski definition) is 1. The van der Waals surface area contributed by atoms with Gasteiger partial charge < -0.3 is 0 Å². The zero-order valence-corrected chi connectivity index (χ0v) is 8.98. The molecule has 2 aromatic rings. The van der Waals surface area contributed by atoms with Crippen molar-refractivity contribution in [2.75, 3.05) is 0 Å². The summed E-state index contributed by atoms with van der Waals surface area (Å²) in [6, 6.07) is 10.5. The van der Waals surface area contributed by atoms with Crippen molar-refractivity contribution in [3.8, 4) is 11.3 Å². The number of hydrogen-bond acceptors (Lipinski definition) is 2. The number of pyridine rings is 1. The minimum absolute atomic E-state index is 0.192. The lowest BCUT2D eigenvalue weighted by Gasteiger charge is -1.99. The van der Waals surface area contributed by atoms with Crippen LogP contribution in [-0.2, 0) is 0 Å². The van der Waals surface area contributed by atoms with Gasteiger partial charge in [-0.15, -0.1) is 0 Å². The van der Waals surface area contributed by atoms with Crippen LogP contribution in [0.5, 0.6) is 0 Å². The number of rotatable bonds is 2. The average molecular weight is 234 g/mol. The van der Waals surface area contributed by atoms with E-state index in [-0.39, 0.29) is 10.6 Å². The smallest absolute Gasteiger partial charge is 0.239 e. The Hall–Kier alpha value is -1.94. The fraction of sp³-hybridized carbons (Fsp3) is 0. The molecule has 0 unspecified atom stereocenters. The largest absolute Gasteiger partial charge is 0.319 e. The molecule has 1 radical (unpaired) electrons. The van der Waals surface area contributed by atoms with Crippen LogP contribution in [0.15, 0.2) is 36.4 Å². The van der Waals surface area contributed by atoms with E-state index in [0.29, 0.717) is 10.7 Å². The maximum Gasteiger partial charge on any atom is 0.319 e. The quantitative estimate of drug-likeness (QED) is 0.493. The molecule has 0 aliphatic rings. The first-order valence-electron chi connectivity index (χ1n) is 4.53. The first kappa shape index (κ1) is 10.6. The van der Waals surface area contributed by atoms with E-state index in [1.54, 1.807) is 24.3 Å². The number of nitrogens with zero attached hydrogens (tertiary/aromatic N) is 2. The van der Waals surface area contributed by atoms with Crippen LogP contribution in [0, 0.1) is 11.1 Å². The minimum atomic E-state index is 0.192. The highest BCUT2D eigenvalue weighted by atomic mass is 35.5. The van der Waals surface area contributed by atoms with Gasteiger partial charge in [0.2, 0.25) is 0 Å². The van der Waals surface area contributed by atoms with Crippen LogP contribution in [0.3, 0.4) is 0 Å². The molecule has 1 aromatic heterocycles. The van der Waals surface area contributed by atoms with Gasteiger partial charge in [0.15, 0.2) is 11.1 Å². The molecule has 2 N–H and O–H groups in total. The standard InChI is InChI=1S/C11H8ClN3O/c12-9-3-1-8(2-4-9)11-6-5-10(7-14-11)15(13)16/h1-6H,(H2,13,16)/q+1. The van der Waals surface area contributed by atoms with Gasteiger partial charge in [-0.2, -0.15) is 5.84 Å². The van der Waals surface area contributed by atoms with Crippen LogP contribution >= 0.6 is 11.6 Å². The van der Waals surface area contributed by atoms with Crippen LogP contribution in [0.2, 0.25) is 5.02 Å². The van der Waals surface area contributed by atoms with E-state index >= 15 is 0 Å². The van der Waals surface area contributed by atoms with E-state index in [4.69, 9.17) is 17.4 Å². The third-order valence-corrected chi connectivity index (χ3v) is 2.32. The molecule has 0 amide bonds. The first-order valence-corrected chi connectivity index (χ1v) is 4.91. The van der Waals surface area contributed by atoms with Crippen LogP contribution < -0.4 is 5.84 Å². The van der Waals surface area contributed by atoms with E-state index in [9.17, 15) is 4.91 Å². The SMILES string of the molecule is N[N+](=O)c1[c]nc(-c2ccc(Cl)cc2)cc1. The summed E-state index contributed by atoms with van der Waals surface area (Å²) in [4.78, 5) is 15.0. The molecule has 0 bridgehead atoms.